The number of rotatable bonds is 2. The molecular formula is C9H6O4Zn. The molecule has 0 fully saturated rings. The topological polar surface area (TPSA) is 80.3 Å². The first-order valence-electron chi connectivity index (χ1n) is 3.55. The van der Waals surface area contributed by atoms with E-state index in [0.29, 0.717) is 5.56 Å². The van der Waals surface area contributed by atoms with Crippen LogP contribution >= 0.6 is 0 Å². The van der Waals surface area contributed by atoms with Crippen LogP contribution in [0.25, 0.3) is 0 Å². The van der Waals surface area contributed by atoms with Gasteiger partial charge in [0.25, 0.3) is 0 Å². The van der Waals surface area contributed by atoms with Gasteiger partial charge in [-0.05, 0) is 29.7 Å². The minimum atomic E-state index is -1.40. The van der Waals surface area contributed by atoms with Crippen molar-refractivity contribution >= 4 is 11.9 Å². The molecule has 0 aliphatic heterocycles. The van der Waals surface area contributed by atoms with E-state index in [1.807, 2.05) is 0 Å². The van der Waals surface area contributed by atoms with Gasteiger partial charge in [-0.3, -0.25) is 0 Å². The SMILES string of the molecule is Cc1cc(C(=O)[O-])cc(C(=O)[O-])c1.[Zn+2]. The largest absolute Gasteiger partial charge is 2.00 e. The molecule has 0 heterocycles. The number of carboxylic acid groups (broad SMARTS) is 2. The summed E-state index contributed by atoms with van der Waals surface area (Å²) in [6.45, 7) is 1.60. The number of carbonyl (C=O) groups is 2. The van der Waals surface area contributed by atoms with Gasteiger partial charge in [0.15, 0.2) is 0 Å². The summed E-state index contributed by atoms with van der Waals surface area (Å²) in [7, 11) is 0. The molecule has 0 spiro atoms. The summed E-state index contributed by atoms with van der Waals surface area (Å²) in [4.78, 5) is 20.8. The Kier molecular flexibility index (Phi) is 4.44. The third-order valence-electron chi connectivity index (χ3n) is 1.55. The maximum Gasteiger partial charge on any atom is 2.00 e. The van der Waals surface area contributed by atoms with Gasteiger partial charge in [0, 0.05) is 0 Å². The number of carbonyl (C=O) groups excluding carboxylic acids is 2. The number of aryl methyl sites for hydroxylation is 1. The Morgan fingerprint density at radius 3 is 1.64 bits per heavy atom. The van der Waals surface area contributed by atoms with E-state index in [1.54, 1.807) is 6.92 Å². The molecule has 14 heavy (non-hydrogen) atoms. The molecule has 1 aromatic rings. The van der Waals surface area contributed by atoms with Crippen LogP contribution in [0.1, 0.15) is 26.3 Å². The van der Waals surface area contributed by atoms with E-state index in [2.05, 4.69) is 0 Å². The summed E-state index contributed by atoms with van der Waals surface area (Å²) >= 11 is 0. The summed E-state index contributed by atoms with van der Waals surface area (Å²) in [6, 6.07) is 3.68. The van der Waals surface area contributed by atoms with Crippen LogP contribution in [0.15, 0.2) is 18.2 Å². The maximum atomic E-state index is 10.4. The molecule has 68 valence electrons. The van der Waals surface area contributed by atoms with Crippen molar-refractivity contribution in [3.05, 3.63) is 34.9 Å². The van der Waals surface area contributed by atoms with Gasteiger partial charge in [0.05, 0.1) is 11.9 Å². The molecule has 1 aromatic carbocycles. The molecule has 4 nitrogen and oxygen atoms in total. The van der Waals surface area contributed by atoms with Crippen LogP contribution in [0.3, 0.4) is 0 Å². The van der Waals surface area contributed by atoms with Gasteiger partial charge >= 0.3 is 19.5 Å². The van der Waals surface area contributed by atoms with Crippen molar-refractivity contribution in [1.82, 2.24) is 0 Å². The van der Waals surface area contributed by atoms with Crippen LogP contribution in [0.4, 0.5) is 0 Å². The summed E-state index contributed by atoms with van der Waals surface area (Å²) < 4.78 is 0. The van der Waals surface area contributed by atoms with Crippen molar-refractivity contribution in [2.75, 3.05) is 0 Å². The van der Waals surface area contributed by atoms with Crippen molar-refractivity contribution in [3.8, 4) is 0 Å². The zero-order valence-corrected chi connectivity index (χ0v) is 10.5. The Morgan fingerprint density at radius 2 is 1.36 bits per heavy atom. The van der Waals surface area contributed by atoms with Gasteiger partial charge in [-0.25, -0.2) is 0 Å². The van der Waals surface area contributed by atoms with Gasteiger partial charge in [-0.15, -0.1) is 0 Å². The number of carboxylic acids is 2. The number of hydrogen-bond acceptors (Lipinski definition) is 4. The molecule has 0 amide bonds. The van der Waals surface area contributed by atoms with Crippen LogP contribution in [-0.4, -0.2) is 11.9 Å². The van der Waals surface area contributed by atoms with Crippen LogP contribution in [-0.2, 0) is 19.5 Å². The minimum Gasteiger partial charge on any atom is -0.545 e. The normalized spacial score (nSPS) is 8.93. The molecule has 0 saturated heterocycles. The molecule has 0 aromatic heterocycles. The van der Waals surface area contributed by atoms with Crippen molar-refractivity contribution in [2.24, 2.45) is 0 Å². The molecule has 0 saturated carbocycles. The second-order valence-corrected chi connectivity index (χ2v) is 2.66. The van der Waals surface area contributed by atoms with E-state index >= 15 is 0 Å². The molecule has 0 aliphatic rings. The monoisotopic (exact) mass is 242 g/mol. The predicted octanol–water partition coefficient (Wildman–Crippen LogP) is -1.28. The summed E-state index contributed by atoms with van der Waals surface area (Å²) in [5.41, 5.74) is 0.235. The second-order valence-electron chi connectivity index (χ2n) is 2.66. The molecule has 0 N–H and O–H groups in total. The van der Waals surface area contributed by atoms with Crippen molar-refractivity contribution in [2.45, 2.75) is 6.92 Å². The Labute approximate surface area is 93.3 Å². The minimum absolute atomic E-state index is 0. The third kappa shape index (κ3) is 2.93. The third-order valence-corrected chi connectivity index (χ3v) is 1.55. The zero-order valence-electron chi connectivity index (χ0n) is 7.57. The summed E-state index contributed by atoms with van der Waals surface area (Å²) in [5.74, 6) is -2.79. The van der Waals surface area contributed by atoms with Crippen LogP contribution in [0, 0.1) is 6.92 Å². The fourth-order valence-corrected chi connectivity index (χ4v) is 1.02. The van der Waals surface area contributed by atoms with E-state index in [4.69, 9.17) is 0 Å². The van der Waals surface area contributed by atoms with Crippen molar-refractivity contribution in [3.63, 3.8) is 0 Å². The number of aromatic carboxylic acids is 2. The van der Waals surface area contributed by atoms with Crippen molar-refractivity contribution < 1.29 is 39.3 Å². The summed E-state index contributed by atoms with van der Waals surface area (Å²) in [5, 5.41) is 20.8. The van der Waals surface area contributed by atoms with Gasteiger partial charge in [0.1, 0.15) is 0 Å². The maximum absolute atomic E-state index is 10.4. The van der Waals surface area contributed by atoms with E-state index in [0.717, 1.165) is 6.07 Å². The molecule has 0 bridgehead atoms. The van der Waals surface area contributed by atoms with Gasteiger partial charge in [-0.1, -0.05) is 12.1 Å². The first-order valence-corrected chi connectivity index (χ1v) is 3.55. The Bertz CT molecular complexity index is 341. The van der Waals surface area contributed by atoms with Crippen LogP contribution in [0.2, 0.25) is 0 Å². The van der Waals surface area contributed by atoms with E-state index in [9.17, 15) is 19.8 Å². The smallest absolute Gasteiger partial charge is 0.545 e. The van der Waals surface area contributed by atoms with E-state index in [-0.39, 0.29) is 30.6 Å². The fraction of sp³-hybridized carbons (Fsp3) is 0.111. The molecule has 0 aliphatic carbocycles. The van der Waals surface area contributed by atoms with Gasteiger partial charge < -0.3 is 19.8 Å². The molecule has 0 radical (unpaired) electrons. The average Bonchev–Trinajstić information content (AvgIpc) is 2.03. The average molecular weight is 244 g/mol. The Balaban J connectivity index is 0.00000169. The number of hydrogen-bond donors (Lipinski definition) is 0. The van der Waals surface area contributed by atoms with E-state index < -0.39 is 11.9 Å². The predicted molar refractivity (Wildman–Crippen MR) is 39.8 cm³/mol. The quantitative estimate of drug-likeness (QED) is 0.606. The van der Waals surface area contributed by atoms with Gasteiger partial charge in [-0.2, -0.15) is 0 Å². The fourth-order valence-electron chi connectivity index (χ4n) is 1.02. The molecule has 5 heteroatoms. The van der Waals surface area contributed by atoms with Crippen LogP contribution in [0.5, 0.6) is 0 Å². The Morgan fingerprint density at radius 1 is 1.00 bits per heavy atom. The number of benzene rings is 1. The van der Waals surface area contributed by atoms with Crippen molar-refractivity contribution in [1.29, 1.82) is 0 Å². The van der Waals surface area contributed by atoms with Gasteiger partial charge in [0.2, 0.25) is 0 Å². The molecule has 0 atom stereocenters. The zero-order chi connectivity index (χ0) is 10.0. The Hall–Kier alpha value is -1.22. The van der Waals surface area contributed by atoms with Crippen LogP contribution < -0.4 is 10.2 Å². The second kappa shape index (κ2) is 4.86. The molecular weight excluding hydrogens is 237 g/mol. The molecule has 0 unspecified atom stereocenters. The van der Waals surface area contributed by atoms with E-state index in [1.165, 1.54) is 12.1 Å². The molecule has 1 rings (SSSR count). The first-order chi connectivity index (χ1) is 6.00. The summed E-state index contributed by atoms with van der Waals surface area (Å²) in [6.07, 6.45) is 0. The standard InChI is InChI=1S/C9H8O4.Zn/c1-5-2-6(8(10)11)4-7(3-5)9(12)13;/h2-4H,1H3,(H,10,11)(H,12,13);/q;+2/p-2. The first kappa shape index (κ1) is 12.8.